The maximum Gasteiger partial charge on any atom is 0.266 e. The Bertz CT molecular complexity index is 1970. The zero-order valence-corrected chi connectivity index (χ0v) is 29.0. The average molecular weight is 713 g/mol. The van der Waals surface area contributed by atoms with Crippen LogP contribution in [0.4, 0.5) is 5.69 Å². The second-order valence-electron chi connectivity index (χ2n) is 11.6. The lowest BCUT2D eigenvalue weighted by atomic mass is 9.84. The Morgan fingerprint density at radius 2 is 1.73 bits per heavy atom. The van der Waals surface area contributed by atoms with E-state index in [0.29, 0.717) is 49.5 Å². The first-order valence-corrected chi connectivity index (χ1v) is 18.2. The van der Waals surface area contributed by atoms with Gasteiger partial charge in [-0.1, -0.05) is 65.8 Å². The van der Waals surface area contributed by atoms with Gasteiger partial charge in [-0.15, -0.1) is 0 Å². The zero-order valence-electron chi connectivity index (χ0n) is 28.1. The summed E-state index contributed by atoms with van der Waals surface area (Å²) in [7, 11) is -3.87. The van der Waals surface area contributed by atoms with E-state index < -0.39 is 33.1 Å². The van der Waals surface area contributed by atoms with Crippen LogP contribution >= 0.6 is 0 Å². The van der Waals surface area contributed by atoms with Crippen molar-refractivity contribution in [2.45, 2.75) is 42.7 Å². The molecule has 0 saturated heterocycles. The van der Waals surface area contributed by atoms with Crippen molar-refractivity contribution in [1.29, 1.82) is 0 Å². The third kappa shape index (κ3) is 9.04. The predicted molar refractivity (Wildman–Crippen MR) is 193 cm³/mol. The topological polar surface area (TPSA) is 184 Å². The molecule has 4 aromatic carbocycles. The number of sulfone groups is 1. The van der Waals surface area contributed by atoms with Crippen LogP contribution in [0.2, 0.25) is 0 Å². The van der Waals surface area contributed by atoms with Crippen LogP contribution in [0.3, 0.4) is 0 Å². The van der Waals surface area contributed by atoms with E-state index in [9.17, 15) is 18.7 Å². The van der Waals surface area contributed by atoms with Gasteiger partial charge >= 0.3 is 0 Å². The van der Waals surface area contributed by atoms with Crippen molar-refractivity contribution < 1.29 is 32.5 Å². The van der Waals surface area contributed by atoms with Gasteiger partial charge in [-0.2, -0.15) is 0 Å². The largest absolute Gasteiger partial charge is 0.494 e. The van der Waals surface area contributed by atoms with Gasteiger partial charge in [0.2, 0.25) is 5.90 Å². The first-order chi connectivity index (χ1) is 24.8. The summed E-state index contributed by atoms with van der Waals surface area (Å²) in [6, 6.07) is 29.1. The summed E-state index contributed by atoms with van der Waals surface area (Å²) in [5, 5.41) is 12.9. The Hall–Kier alpha value is -5.40. The third-order valence-corrected chi connectivity index (χ3v) is 9.98. The zero-order chi connectivity index (χ0) is 36.1. The van der Waals surface area contributed by atoms with Crippen molar-refractivity contribution in [1.82, 2.24) is 10.9 Å². The number of aliphatic hydroxyl groups excluding tert-OH is 1. The molecule has 14 heteroatoms. The van der Waals surface area contributed by atoms with Crippen LogP contribution in [0.25, 0.3) is 10.4 Å². The smallest absolute Gasteiger partial charge is 0.266 e. The summed E-state index contributed by atoms with van der Waals surface area (Å²) in [6.07, 6.45) is -0.458. The second kappa shape index (κ2) is 17.5. The fourth-order valence-corrected chi connectivity index (χ4v) is 7.07. The summed E-state index contributed by atoms with van der Waals surface area (Å²) >= 11 is 0. The number of ether oxygens (including phenoxy) is 3. The molecule has 13 nitrogen and oxygen atoms in total. The van der Waals surface area contributed by atoms with E-state index in [4.69, 9.17) is 24.3 Å². The first kappa shape index (κ1) is 36.9. The first-order valence-electron chi connectivity index (χ1n) is 16.6. The predicted octanol–water partition coefficient (Wildman–Crippen LogP) is 5.77. The van der Waals surface area contributed by atoms with Crippen LogP contribution in [0, 0.1) is 0 Å². The van der Waals surface area contributed by atoms with Gasteiger partial charge in [0.25, 0.3) is 5.91 Å². The van der Waals surface area contributed by atoms with Crippen molar-refractivity contribution in [3.05, 3.63) is 130 Å². The summed E-state index contributed by atoms with van der Waals surface area (Å²) in [4.78, 5) is 22.5. The van der Waals surface area contributed by atoms with Crippen LogP contribution in [-0.4, -0.2) is 63.0 Å². The Balaban J connectivity index is 1.52. The van der Waals surface area contributed by atoms with Crippen LogP contribution in [0.5, 0.6) is 11.5 Å². The second-order valence-corrected chi connectivity index (χ2v) is 13.7. The molecule has 0 radical (unpaired) electrons. The van der Waals surface area contributed by atoms with Gasteiger partial charge in [-0.05, 0) is 66.9 Å². The van der Waals surface area contributed by atoms with Gasteiger partial charge in [-0.25, -0.2) is 18.8 Å². The summed E-state index contributed by atoms with van der Waals surface area (Å²) in [6.45, 7) is 3.07. The number of carbonyl (C=O) groups excluding carboxylic acids is 1. The van der Waals surface area contributed by atoms with E-state index in [0.717, 1.165) is 11.3 Å². The maximum atomic E-state index is 14.5. The molecular weight excluding hydrogens is 673 g/mol. The molecule has 2 atom stereocenters. The number of para-hydroxylation sites is 1. The van der Waals surface area contributed by atoms with Gasteiger partial charge < -0.3 is 19.3 Å². The van der Waals surface area contributed by atoms with Crippen molar-refractivity contribution >= 4 is 27.3 Å². The molecule has 3 N–H and O–H groups in total. The molecule has 4 aromatic rings. The monoisotopic (exact) mass is 712 g/mol. The van der Waals surface area contributed by atoms with Crippen molar-refractivity contribution in [3.63, 3.8) is 0 Å². The molecule has 5 rings (SSSR count). The minimum absolute atomic E-state index is 0.000992. The number of azide groups is 1. The van der Waals surface area contributed by atoms with Gasteiger partial charge in [0.05, 0.1) is 23.9 Å². The molecule has 0 spiro atoms. The van der Waals surface area contributed by atoms with E-state index in [1.807, 2.05) is 31.2 Å². The number of aliphatic hydroxyl groups is 1. The van der Waals surface area contributed by atoms with Crippen LogP contribution in [-0.2, 0) is 25.8 Å². The molecule has 51 heavy (non-hydrogen) atoms. The molecule has 0 fully saturated rings. The Morgan fingerprint density at radius 3 is 2.47 bits per heavy atom. The summed E-state index contributed by atoms with van der Waals surface area (Å²) < 4.78 is 45.1. The van der Waals surface area contributed by atoms with Gasteiger partial charge in [0, 0.05) is 47.7 Å². The van der Waals surface area contributed by atoms with Crippen LogP contribution in [0.15, 0.2) is 118 Å². The normalized spacial score (nSPS) is 16.7. The number of nitrogens with zero attached hydrogens (tertiary/aromatic N) is 4. The summed E-state index contributed by atoms with van der Waals surface area (Å²) in [5.74, 6) is 0.321. The SMILES string of the molecule is CCOc1ccccc1CCNNC(=O)[C@@]1(CCS(=O)(=O)c2ccccc2)N=C(c2ccc(OCCCO)cc2)O[C@H]1c1ccccc1N=[N+]=[N-]. The molecule has 1 heterocycles. The van der Waals surface area contributed by atoms with Crippen molar-refractivity contribution in [2.75, 3.05) is 32.1 Å². The molecule has 0 saturated carbocycles. The standard InChI is InChI=1S/C37H40N6O7S/c1-2-48-33-16-9-6-11-27(33)21-23-39-42-36(45)37(22-26-51(46,47)30-12-4-3-5-13-30)34(31-14-7-8-15-32(31)41-43-38)50-35(40-37)28-17-19-29(20-18-28)49-25-10-24-44/h3-9,11-20,34,39,44H,2,10,21-26H2,1H3,(H,42,45)/t34-,37-/m0/s1. The Labute approximate surface area is 296 Å². The highest BCUT2D eigenvalue weighted by atomic mass is 32.2. The lowest BCUT2D eigenvalue weighted by Crippen LogP contribution is -2.53. The number of carbonyl (C=O) groups is 1. The summed E-state index contributed by atoms with van der Waals surface area (Å²) in [5.41, 5.74) is 15.3. The minimum Gasteiger partial charge on any atom is -0.494 e. The number of amides is 1. The third-order valence-electron chi connectivity index (χ3n) is 8.25. The Kier molecular flexibility index (Phi) is 12.7. The van der Waals surface area contributed by atoms with E-state index in [-0.39, 0.29) is 29.5 Å². The van der Waals surface area contributed by atoms with E-state index >= 15 is 0 Å². The molecule has 1 aliphatic heterocycles. The van der Waals surface area contributed by atoms with Crippen LogP contribution in [0.1, 0.15) is 42.6 Å². The molecule has 266 valence electrons. The number of hydrazine groups is 1. The number of aliphatic imine (C=N–C) groups is 1. The average Bonchev–Trinajstić information content (AvgIpc) is 3.55. The number of benzene rings is 4. The highest BCUT2D eigenvalue weighted by Gasteiger charge is 2.54. The highest BCUT2D eigenvalue weighted by Crippen LogP contribution is 2.45. The lowest BCUT2D eigenvalue weighted by Gasteiger charge is -2.31. The Morgan fingerprint density at radius 1 is 1.00 bits per heavy atom. The highest BCUT2D eigenvalue weighted by molar-refractivity contribution is 7.91. The molecule has 0 unspecified atom stereocenters. The number of hydrogen-bond donors (Lipinski definition) is 3. The quantitative estimate of drug-likeness (QED) is 0.0382. The molecule has 1 amide bonds. The van der Waals surface area contributed by atoms with E-state index in [1.54, 1.807) is 66.7 Å². The number of rotatable bonds is 18. The minimum atomic E-state index is -3.87. The lowest BCUT2D eigenvalue weighted by molar-refractivity contribution is -0.130. The van der Waals surface area contributed by atoms with Gasteiger partial charge in [0.15, 0.2) is 21.5 Å². The van der Waals surface area contributed by atoms with Gasteiger partial charge in [-0.3, -0.25) is 10.2 Å². The van der Waals surface area contributed by atoms with Crippen molar-refractivity contribution in [3.8, 4) is 11.5 Å². The van der Waals surface area contributed by atoms with Gasteiger partial charge in [0.1, 0.15) is 11.5 Å². The van der Waals surface area contributed by atoms with Crippen molar-refractivity contribution in [2.24, 2.45) is 10.1 Å². The maximum absolute atomic E-state index is 14.5. The molecular formula is C37H40N6O7S. The molecule has 0 aromatic heterocycles. The molecule has 0 bridgehead atoms. The fourth-order valence-electron chi connectivity index (χ4n) is 5.69. The van der Waals surface area contributed by atoms with Crippen LogP contribution < -0.4 is 20.3 Å². The molecule has 0 aliphatic carbocycles. The fraction of sp³-hybridized carbons (Fsp3) is 0.297. The number of hydrogen-bond acceptors (Lipinski definition) is 10. The molecule has 1 aliphatic rings. The van der Waals surface area contributed by atoms with E-state index in [1.165, 1.54) is 12.1 Å². The van der Waals surface area contributed by atoms with E-state index in [2.05, 4.69) is 20.9 Å². The number of nitrogens with one attached hydrogen (secondary N) is 2.